The van der Waals surface area contributed by atoms with Crippen LogP contribution in [0.3, 0.4) is 0 Å². The number of para-hydroxylation sites is 1. The number of alkyl halides is 2. The van der Waals surface area contributed by atoms with Gasteiger partial charge in [0, 0.05) is 5.56 Å². The number of benzene rings is 1. The maximum atomic E-state index is 12.3. The van der Waals surface area contributed by atoms with E-state index in [-0.39, 0.29) is 5.56 Å². The predicted molar refractivity (Wildman–Crippen MR) is 53.2 cm³/mol. The summed E-state index contributed by atoms with van der Waals surface area (Å²) in [6.45, 7) is 2.37. The average molecular weight is 216 g/mol. The molecule has 0 saturated heterocycles. The van der Waals surface area contributed by atoms with Crippen LogP contribution in [0.2, 0.25) is 0 Å². The molecule has 0 aliphatic heterocycles. The molecule has 1 atom stereocenters. The van der Waals surface area contributed by atoms with Crippen LogP contribution in [0.15, 0.2) is 24.3 Å². The van der Waals surface area contributed by atoms with Crippen LogP contribution in [-0.2, 0) is 0 Å². The third-order valence-electron chi connectivity index (χ3n) is 1.94. The van der Waals surface area contributed by atoms with Gasteiger partial charge in [-0.05, 0) is 12.5 Å². The standard InChI is InChI=1S/C11H14F2O2/c1-2-7-15-9-6-4-3-5-8(9)10(14)11(12)13/h3-6,10-11,14H,2,7H2,1H3. The summed E-state index contributed by atoms with van der Waals surface area (Å²) < 4.78 is 29.9. The molecular formula is C11H14F2O2. The minimum atomic E-state index is -2.80. The lowest BCUT2D eigenvalue weighted by Gasteiger charge is -2.14. The van der Waals surface area contributed by atoms with Crippen LogP contribution >= 0.6 is 0 Å². The number of hydrogen-bond acceptors (Lipinski definition) is 2. The fourth-order valence-electron chi connectivity index (χ4n) is 1.20. The molecule has 0 radical (unpaired) electrons. The van der Waals surface area contributed by atoms with Gasteiger partial charge in [-0.3, -0.25) is 0 Å². The van der Waals surface area contributed by atoms with Gasteiger partial charge in [-0.2, -0.15) is 0 Å². The van der Waals surface area contributed by atoms with Gasteiger partial charge in [0.25, 0.3) is 6.43 Å². The van der Waals surface area contributed by atoms with Crippen molar-refractivity contribution in [2.24, 2.45) is 0 Å². The molecule has 0 heterocycles. The van der Waals surface area contributed by atoms with Crippen molar-refractivity contribution in [1.29, 1.82) is 0 Å². The van der Waals surface area contributed by atoms with E-state index in [1.54, 1.807) is 18.2 Å². The number of halogens is 2. The molecule has 0 spiro atoms. The van der Waals surface area contributed by atoms with Gasteiger partial charge in [0.15, 0.2) is 0 Å². The van der Waals surface area contributed by atoms with Crippen molar-refractivity contribution in [3.8, 4) is 5.75 Å². The van der Waals surface area contributed by atoms with Gasteiger partial charge in [-0.1, -0.05) is 25.1 Å². The maximum Gasteiger partial charge on any atom is 0.268 e. The molecule has 4 heteroatoms. The molecule has 1 aromatic rings. The molecular weight excluding hydrogens is 202 g/mol. The van der Waals surface area contributed by atoms with E-state index in [1.165, 1.54) is 6.07 Å². The van der Waals surface area contributed by atoms with Crippen LogP contribution in [0.4, 0.5) is 8.78 Å². The van der Waals surface area contributed by atoms with Crippen molar-refractivity contribution in [3.05, 3.63) is 29.8 Å². The summed E-state index contributed by atoms with van der Waals surface area (Å²) in [5.74, 6) is 0.326. The van der Waals surface area contributed by atoms with Gasteiger partial charge in [0.1, 0.15) is 11.9 Å². The maximum absolute atomic E-state index is 12.3. The highest BCUT2D eigenvalue weighted by atomic mass is 19.3. The lowest BCUT2D eigenvalue weighted by molar-refractivity contribution is -0.00726. The number of aliphatic hydroxyl groups excluding tert-OH is 1. The molecule has 0 saturated carbocycles. The van der Waals surface area contributed by atoms with Crippen LogP contribution in [0.1, 0.15) is 25.0 Å². The first-order valence-corrected chi connectivity index (χ1v) is 4.84. The second kappa shape index (κ2) is 5.66. The Balaban J connectivity index is 2.85. The number of hydrogen-bond donors (Lipinski definition) is 1. The van der Waals surface area contributed by atoms with Crippen molar-refractivity contribution < 1.29 is 18.6 Å². The highest BCUT2D eigenvalue weighted by Gasteiger charge is 2.22. The molecule has 0 aliphatic rings. The Hall–Kier alpha value is -1.16. The largest absolute Gasteiger partial charge is 0.493 e. The van der Waals surface area contributed by atoms with Gasteiger partial charge < -0.3 is 9.84 Å². The van der Waals surface area contributed by atoms with Crippen LogP contribution in [0, 0.1) is 0 Å². The second-order valence-corrected chi connectivity index (χ2v) is 3.17. The van der Waals surface area contributed by atoms with Crippen LogP contribution in [0.25, 0.3) is 0 Å². The Kier molecular flexibility index (Phi) is 4.49. The lowest BCUT2D eigenvalue weighted by Crippen LogP contribution is -2.10. The summed E-state index contributed by atoms with van der Waals surface area (Å²) in [5.41, 5.74) is 0.140. The fourth-order valence-corrected chi connectivity index (χ4v) is 1.20. The highest BCUT2D eigenvalue weighted by molar-refractivity contribution is 5.35. The first-order chi connectivity index (χ1) is 7.16. The van der Waals surface area contributed by atoms with Crippen LogP contribution in [-0.4, -0.2) is 18.1 Å². The molecule has 0 amide bonds. The van der Waals surface area contributed by atoms with E-state index in [0.717, 1.165) is 6.42 Å². The third kappa shape index (κ3) is 3.16. The van der Waals surface area contributed by atoms with Crippen molar-refractivity contribution in [3.63, 3.8) is 0 Å². The van der Waals surface area contributed by atoms with Crippen molar-refractivity contribution in [1.82, 2.24) is 0 Å². The molecule has 1 rings (SSSR count). The zero-order chi connectivity index (χ0) is 11.3. The van der Waals surface area contributed by atoms with Crippen LogP contribution < -0.4 is 4.74 Å². The summed E-state index contributed by atoms with van der Waals surface area (Å²) in [6, 6.07) is 6.31. The van der Waals surface area contributed by atoms with Gasteiger partial charge in [-0.25, -0.2) is 8.78 Å². The minimum Gasteiger partial charge on any atom is -0.493 e. The average Bonchev–Trinajstić information content (AvgIpc) is 2.25. The van der Waals surface area contributed by atoms with E-state index in [1.807, 2.05) is 6.92 Å². The number of aliphatic hydroxyl groups is 1. The highest BCUT2D eigenvalue weighted by Crippen LogP contribution is 2.28. The third-order valence-corrected chi connectivity index (χ3v) is 1.94. The molecule has 2 nitrogen and oxygen atoms in total. The Morgan fingerprint density at radius 2 is 2.00 bits per heavy atom. The fraction of sp³-hybridized carbons (Fsp3) is 0.455. The first kappa shape index (κ1) is 11.9. The van der Waals surface area contributed by atoms with Gasteiger partial charge >= 0.3 is 0 Å². The molecule has 1 N–H and O–H groups in total. The first-order valence-electron chi connectivity index (χ1n) is 4.84. The molecule has 0 aliphatic carbocycles. The zero-order valence-corrected chi connectivity index (χ0v) is 8.49. The Morgan fingerprint density at radius 1 is 1.33 bits per heavy atom. The molecule has 1 aromatic carbocycles. The van der Waals surface area contributed by atoms with Gasteiger partial charge in [0.05, 0.1) is 6.61 Å². The Labute approximate surface area is 87.5 Å². The van der Waals surface area contributed by atoms with Crippen LogP contribution in [0.5, 0.6) is 5.75 Å². The van der Waals surface area contributed by atoms with Crippen molar-refractivity contribution in [2.45, 2.75) is 25.9 Å². The van der Waals surface area contributed by atoms with E-state index in [4.69, 9.17) is 4.74 Å². The zero-order valence-electron chi connectivity index (χ0n) is 8.49. The molecule has 84 valence electrons. The monoisotopic (exact) mass is 216 g/mol. The van der Waals surface area contributed by atoms with E-state index in [0.29, 0.717) is 12.4 Å². The summed E-state index contributed by atoms with van der Waals surface area (Å²) >= 11 is 0. The van der Waals surface area contributed by atoms with Gasteiger partial charge in [-0.15, -0.1) is 0 Å². The lowest BCUT2D eigenvalue weighted by atomic mass is 10.1. The molecule has 0 bridgehead atoms. The summed E-state index contributed by atoms with van der Waals surface area (Å²) in [6.07, 6.45) is -3.78. The molecule has 15 heavy (non-hydrogen) atoms. The summed E-state index contributed by atoms with van der Waals surface area (Å²) in [7, 11) is 0. The molecule has 1 unspecified atom stereocenters. The minimum absolute atomic E-state index is 0.140. The number of rotatable bonds is 5. The second-order valence-electron chi connectivity index (χ2n) is 3.17. The normalized spacial score (nSPS) is 12.9. The number of ether oxygens (including phenoxy) is 1. The van der Waals surface area contributed by atoms with E-state index >= 15 is 0 Å². The topological polar surface area (TPSA) is 29.5 Å². The quantitative estimate of drug-likeness (QED) is 0.820. The van der Waals surface area contributed by atoms with Crippen molar-refractivity contribution in [2.75, 3.05) is 6.61 Å². The smallest absolute Gasteiger partial charge is 0.268 e. The SMILES string of the molecule is CCCOc1ccccc1C(O)C(F)F. The Morgan fingerprint density at radius 3 is 2.60 bits per heavy atom. The predicted octanol–water partition coefficient (Wildman–Crippen LogP) is 2.77. The van der Waals surface area contributed by atoms with E-state index in [2.05, 4.69) is 0 Å². The summed E-state index contributed by atoms with van der Waals surface area (Å²) in [4.78, 5) is 0. The van der Waals surface area contributed by atoms with E-state index in [9.17, 15) is 13.9 Å². The van der Waals surface area contributed by atoms with E-state index < -0.39 is 12.5 Å². The Bertz CT molecular complexity index is 302. The molecule has 0 fully saturated rings. The van der Waals surface area contributed by atoms with Crippen molar-refractivity contribution >= 4 is 0 Å². The summed E-state index contributed by atoms with van der Waals surface area (Å²) in [5, 5.41) is 9.25. The van der Waals surface area contributed by atoms with Gasteiger partial charge in [0.2, 0.25) is 0 Å². The molecule has 0 aromatic heterocycles.